The standard InChI is InChI=1S/C22H27B2BrN4O4/c1-11(2)18(16-9-17(24-23)28-33-16)20(31)29-10-14(30)8-15(29)19-26-21(32)22(3,27-19)12-4-6-13(25)7-5-12/h4-7,9,11,14-15,18,24,30H,8,10,23H2,1-3H3,(H,26,27,32)/t14-,15+,18?,22?/m1/s1. The number of aliphatic imine (C=N–C) groups is 1. The SMILES string of the molecule is BBc1cc(C(C(=O)N2C[C@H](O)C[C@H]2C2=NC(=O)C(C)(c3ccc(Br)cc3)N2)C(C)C)on1. The van der Waals surface area contributed by atoms with Gasteiger partial charge in [0.15, 0.2) is 0 Å². The quantitative estimate of drug-likeness (QED) is 0.535. The molecule has 0 spiro atoms. The second kappa shape index (κ2) is 9.10. The number of carbonyl (C=O) groups excluding carboxylic acids is 2. The minimum atomic E-state index is -1.03. The van der Waals surface area contributed by atoms with E-state index in [9.17, 15) is 14.7 Å². The number of carbonyl (C=O) groups is 2. The van der Waals surface area contributed by atoms with Crippen molar-refractivity contribution >= 4 is 54.1 Å². The normalized spacial score (nSPS) is 25.8. The number of nitrogens with one attached hydrogen (secondary N) is 1. The number of halogens is 1. The second-order valence-electron chi connectivity index (χ2n) is 9.25. The van der Waals surface area contributed by atoms with Crippen LogP contribution in [0, 0.1) is 5.92 Å². The highest BCUT2D eigenvalue weighted by molar-refractivity contribution is 9.10. The van der Waals surface area contributed by atoms with Crippen LogP contribution in [-0.2, 0) is 15.1 Å². The fourth-order valence-corrected chi connectivity index (χ4v) is 4.83. The van der Waals surface area contributed by atoms with E-state index >= 15 is 0 Å². The monoisotopic (exact) mass is 512 g/mol. The number of aromatic nitrogens is 1. The van der Waals surface area contributed by atoms with Crippen LogP contribution in [-0.4, -0.2) is 66.4 Å². The second-order valence-corrected chi connectivity index (χ2v) is 10.2. The van der Waals surface area contributed by atoms with Crippen LogP contribution >= 0.6 is 15.9 Å². The van der Waals surface area contributed by atoms with E-state index in [4.69, 9.17) is 4.52 Å². The third-order valence-corrected chi connectivity index (χ3v) is 7.03. The first-order valence-electron chi connectivity index (χ1n) is 11.2. The van der Waals surface area contributed by atoms with Gasteiger partial charge < -0.3 is 19.8 Å². The van der Waals surface area contributed by atoms with Crippen molar-refractivity contribution < 1.29 is 19.2 Å². The molecule has 1 aromatic heterocycles. The summed E-state index contributed by atoms with van der Waals surface area (Å²) in [5, 5.41) is 17.8. The topological polar surface area (TPSA) is 108 Å². The summed E-state index contributed by atoms with van der Waals surface area (Å²) < 4.78 is 6.41. The third kappa shape index (κ3) is 4.40. The summed E-state index contributed by atoms with van der Waals surface area (Å²) in [5.41, 5.74) is 0.537. The van der Waals surface area contributed by atoms with E-state index in [-0.39, 0.29) is 24.3 Å². The first-order chi connectivity index (χ1) is 15.6. The van der Waals surface area contributed by atoms with Gasteiger partial charge in [-0.2, -0.15) is 4.99 Å². The van der Waals surface area contributed by atoms with Gasteiger partial charge in [-0.3, -0.25) is 9.59 Å². The van der Waals surface area contributed by atoms with Gasteiger partial charge >= 0.3 is 0 Å². The number of amides is 2. The molecular formula is C22H27B2BrN4O4. The Morgan fingerprint density at radius 1 is 1.39 bits per heavy atom. The van der Waals surface area contributed by atoms with Crippen molar-refractivity contribution in [2.75, 3.05) is 6.54 Å². The molecule has 1 fully saturated rings. The van der Waals surface area contributed by atoms with Crippen molar-refractivity contribution in [1.82, 2.24) is 15.4 Å². The summed E-state index contributed by atoms with van der Waals surface area (Å²) in [6.45, 7) is 5.87. The minimum Gasteiger partial charge on any atom is -0.391 e. The van der Waals surface area contributed by atoms with Crippen LogP contribution in [0.25, 0.3) is 0 Å². The molecule has 0 saturated carbocycles. The highest BCUT2D eigenvalue weighted by atomic mass is 79.9. The van der Waals surface area contributed by atoms with E-state index in [2.05, 4.69) is 31.4 Å². The van der Waals surface area contributed by atoms with Gasteiger partial charge in [-0.05, 0) is 36.6 Å². The van der Waals surface area contributed by atoms with E-state index in [1.807, 2.05) is 51.9 Å². The minimum absolute atomic E-state index is 0.0401. The summed E-state index contributed by atoms with van der Waals surface area (Å²) in [6, 6.07) is 8.77. The molecule has 33 heavy (non-hydrogen) atoms. The number of rotatable bonds is 6. The predicted molar refractivity (Wildman–Crippen MR) is 133 cm³/mol. The van der Waals surface area contributed by atoms with Gasteiger partial charge in [0.05, 0.1) is 19.9 Å². The van der Waals surface area contributed by atoms with Gasteiger partial charge in [0.25, 0.3) is 5.91 Å². The Kier molecular flexibility index (Phi) is 6.55. The molecule has 0 aliphatic carbocycles. The fraction of sp³-hybridized carbons (Fsp3) is 0.455. The Hall–Kier alpha value is -2.39. The summed E-state index contributed by atoms with van der Waals surface area (Å²) in [7, 11) is 2.69. The molecule has 2 aliphatic heterocycles. The fourth-order valence-electron chi connectivity index (χ4n) is 4.57. The van der Waals surface area contributed by atoms with Gasteiger partial charge in [-0.25, -0.2) is 0 Å². The number of aliphatic hydroxyl groups excluding tert-OH is 1. The Morgan fingerprint density at radius 3 is 2.70 bits per heavy atom. The molecule has 3 heterocycles. The summed E-state index contributed by atoms with van der Waals surface area (Å²) in [6.07, 6.45) is -0.394. The van der Waals surface area contributed by atoms with Crippen molar-refractivity contribution in [2.45, 2.75) is 50.8 Å². The Morgan fingerprint density at radius 2 is 2.09 bits per heavy atom. The molecule has 172 valence electrons. The lowest BCUT2D eigenvalue weighted by Crippen LogP contribution is -2.51. The Balaban J connectivity index is 1.61. The van der Waals surface area contributed by atoms with Crippen LogP contribution in [0.4, 0.5) is 0 Å². The molecule has 2 amide bonds. The molecule has 1 saturated heterocycles. The lowest BCUT2D eigenvalue weighted by Gasteiger charge is -2.31. The molecule has 11 heteroatoms. The summed E-state index contributed by atoms with van der Waals surface area (Å²) >= 11 is 3.42. The predicted octanol–water partition coefficient (Wildman–Crippen LogP) is 0.192. The number of hydrogen-bond acceptors (Lipinski definition) is 6. The molecule has 2 unspecified atom stereocenters. The summed E-state index contributed by atoms with van der Waals surface area (Å²) in [4.78, 5) is 32.6. The number of β-amino-alcohol motifs (C(OH)–C–C–N with tert-alkyl or cyclic N) is 1. The molecule has 4 atom stereocenters. The van der Waals surface area contributed by atoms with E-state index in [0.717, 1.165) is 15.6 Å². The molecule has 2 aromatic rings. The Bertz CT molecular complexity index is 1090. The molecule has 0 radical (unpaired) electrons. The zero-order chi connectivity index (χ0) is 23.9. The zero-order valence-corrected chi connectivity index (χ0v) is 20.8. The van der Waals surface area contributed by atoms with Gasteiger partial charge in [0.2, 0.25) is 5.91 Å². The largest absolute Gasteiger partial charge is 0.391 e. The smallest absolute Gasteiger partial charge is 0.277 e. The van der Waals surface area contributed by atoms with Crippen LogP contribution in [0.5, 0.6) is 0 Å². The van der Waals surface area contributed by atoms with Crippen molar-refractivity contribution in [3.63, 3.8) is 0 Å². The Labute approximate surface area is 202 Å². The molecule has 2 N–H and O–H groups in total. The molecular weight excluding hydrogens is 486 g/mol. The van der Waals surface area contributed by atoms with Gasteiger partial charge in [-0.1, -0.05) is 47.1 Å². The average Bonchev–Trinajstić information content (AvgIpc) is 3.46. The third-order valence-electron chi connectivity index (χ3n) is 6.51. The molecule has 1 aromatic carbocycles. The van der Waals surface area contributed by atoms with E-state index < -0.39 is 23.6 Å². The first kappa shape index (κ1) is 23.8. The lowest BCUT2D eigenvalue weighted by molar-refractivity contribution is -0.134. The average molecular weight is 513 g/mol. The van der Waals surface area contributed by atoms with Crippen molar-refractivity contribution in [1.29, 1.82) is 0 Å². The first-order valence-corrected chi connectivity index (χ1v) is 12.0. The number of likely N-dealkylation sites (tertiary alicyclic amines) is 1. The zero-order valence-electron chi connectivity index (χ0n) is 19.2. The van der Waals surface area contributed by atoms with Crippen LogP contribution in [0.1, 0.15) is 44.4 Å². The lowest BCUT2D eigenvalue weighted by atomic mass is 9.53. The van der Waals surface area contributed by atoms with Gasteiger partial charge in [-0.15, -0.1) is 0 Å². The highest BCUT2D eigenvalue weighted by Crippen LogP contribution is 2.33. The van der Waals surface area contributed by atoms with E-state index in [0.29, 0.717) is 25.2 Å². The number of amidine groups is 1. The molecule has 0 bridgehead atoms. The maximum atomic E-state index is 13.7. The van der Waals surface area contributed by atoms with Crippen LogP contribution < -0.4 is 10.9 Å². The van der Waals surface area contributed by atoms with Crippen molar-refractivity contribution in [2.24, 2.45) is 10.9 Å². The molecule has 4 rings (SSSR count). The van der Waals surface area contributed by atoms with E-state index in [1.54, 1.807) is 11.8 Å². The number of nitrogens with zero attached hydrogens (tertiary/aromatic N) is 3. The van der Waals surface area contributed by atoms with Crippen molar-refractivity contribution in [3.05, 3.63) is 46.1 Å². The molecule has 2 aliphatic rings. The number of aliphatic hydroxyl groups is 1. The molecule has 8 nitrogen and oxygen atoms in total. The maximum absolute atomic E-state index is 13.7. The van der Waals surface area contributed by atoms with Crippen LogP contribution in [0.3, 0.4) is 0 Å². The van der Waals surface area contributed by atoms with Gasteiger partial charge in [0, 0.05) is 23.0 Å². The maximum Gasteiger partial charge on any atom is 0.277 e. The van der Waals surface area contributed by atoms with Crippen molar-refractivity contribution in [3.8, 4) is 0 Å². The summed E-state index contributed by atoms with van der Waals surface area (Å²) in [5.74, 6) is -0.145. The van der Waals surface area contributed by atoms with Gasteiger partial charge in [0.1, 0.15) is 30.2 Å². The van der Waals surface area contributed by atoms with Crippen LogP contribution in [0.2, 0.25) is 0 Å². The van der Waals surface area contributed by atoms with Crippen LogP contribution in [0.15, 0.2) is 44.3 Å². The highest BCUT2D eigenvalue weighted by Gasteiger charge is 2.48. The number of benzene rings is 1. The number of hydrogen-bond donors (Lipinski definition) is 2. The van der Waals surface area contributed by atoms with E-state index in [1.165, 1.54) is 0 Å².